The van der Waals surface area contributed by atoms with E-state index in [2.05, 4.69) is 6.92 Å². The molecule has 1 aromatic rings. The first kappa shape index (κ1) is 16.5. The van der Waals surface area contributed by atoms with Crippen LogP contribution < -0.4 is 4.74 Å². The van der Waals surface area contributed by atoms with E-state index in [1.165, 1.54) is 12.5 Å². The number of carbonyl (C=O) groups excluding carboxylic acids is 1. The lowest BCUT2D eigenvalue weighted by atomic mass is 10.1. The number of hydrogen-bond donors (Lipinski definition) is 1. The third-order valence-electron chi connectivity index (χ3n) is 3.28. The van der Waals surface area contributed by atoms with E-state index in [9.17, 15) is 10.0 Å². The molecule has 0 unspecified atom stereocenters. The topological polar surface area (TPSA) is 49.8 Å². The van der Waals surface area contributed by atoms with Gasteiger partial charge >= 0.3 is 0 Å². The van der Waals surface area contributed by atoms with Crippen LogP contribution in [0.15, 0.2) is 24.3 Å². The molecule has 0 heterocycles. The van der Waals surface area contributed by atoms with E-state index in [4.69, 9.17) is 4.74 Å². The van der Waals surface area contributed by atoms with Crippen LogP contribution >= 0.6 is 0 Å². The summed E-state index contributed by atoms with van der Waals surface area (Å²) in [6.45, 7) is 6.09. The fourth-order valence-electron chi connectivity index (χ4n) is 1.89. The van der Waals surface area contributed by atoms with Crippen LogP contribution in [0.2, 0.25) is 0 Å². The predicted octanol–water partition coefficient (Wildman–Crippen LogP) is 3.42. The normalized spacial score (nSPS) is 12.0. The molecule has 20 heavy (non-hydrogen) atoms. The fraction of sp³-hybridized carbons (Fsp3) is 0.562. The highest BCUT2D eigenvalue weighted by Crippen LogP contribution is 2.15. The summed E-state index contributed by atoms with van der Waals surface area (Å²) in [6, 6.07) is 7.83. The van der Waals surface area contributed by atoms with Crippen LogP contribution in [0.1, 0.15) is 45.6 Å². The van der Waals surface area contributed by atoms with E-state index in [1.807, 2.05) is 31.2 Å². The molecule has 0 saturated heterocycles. The van der Waals surface area contributed by atoms with Crippen molar-refractivity contribution in [1.29, 1.82) is 0 Å². The van der Waals surface area contributed by atoms with Gasteiger partial charge in [0.25, 0.3) is 0 Å². The fourth-order valence-corrected chi connectivity index (χ4v) is 1.89. The second-order valence-corrected chi connectivity index (χ2v) is 5.10. The zero-order chi connectivity index (χ0) is 15.0. The van der Waals surface area contributed by atoms with Crippen molar-refractivity contribution in [2.45, 2.75) is 52.5 Å². The molecule has 0 aliphatic heterocycles. The monoisotopic (exact) mass is 279 g/mol. The molecule has 1 rings (SSSR count). The van der Waals surface area contributed by atoms with Gasteiger partial charge in [-0.05, 0) is 43.9 Å². The highest BCUT2D eigenvalue weighted by atomic mass is 16.5. The van der Waals surface area contributed by atoms with Crippen LogP contribution in [-0.2, 0) is 11.2 Å². The van der Waals surface area contributed by atoms with E-state index in [0.29, 0.717) is 0 Å². The number of rotatable bonds is 8. The van der Waals surface area contributed by atoms with Gasteiger partial charge in [0, 0.05) is 6.92 Å². The summed E-state index contributed by atoms with van der Waals surface area (Å²) in [5.74, 6) is 0.569. The molecule has 1 atom stereocenters. The van der Waals surface area contributed by atoms with Crippen molar-refractivity contribution in [3.8, 4) is 5.75 Å². The largest absolute Gasteiger partial charge is 0.494 e. The Morgan fingerprint density at radius 1 is 1.35 bits per heavy atom. The molecule has 1 aromatic carbocycles. The summed E-state index contributed by atoms with van der Waals surface area (Å²) in [7, 11) is 0. The molecule has 0 aliphatic rings. The van der Waals surface area contributed by atoms with Crippen molar-refractivity contribution in [3.63, 3.8) is 0 Å². The average molecular weight is 279 g/mol. The molecule has 0 fully saturated rings. The number of ether oxygens (including phenoxy) is 1. The first-order valence-electron chi connectivity index (χ1n) is 7.25. The number of aryl methyl sites for hydroxylation is 1. The number of nitrogens with zero attached hydrogens (tertiary/aromatic N) is 1. The number of unbranched alkanes of at least 4 members (excludes halogenated alkanes) is 1. The van der Waals surface area contributed by atoms with Gasteiger partial charge < -0.3 is 4.74 Å². The first-order valence-corrected chi connectivity index (χ1v) is 7.25. The molecule has 0 spiro atoms. The van der Waals surface area contributed by atoms with Gasteiger partial charge in [0.05, 0.1) is 12.6 Å². The van der Waals surface area contributed by atoms with Gasteiger partial charge in [-0.3, -0.25) is 10.0 Å². The van der Waals surface area contributed by atoms with Crippen LogP contribution in [0, 0.1) is 0 Å². The van der Waals surface area contributed by atoms with E-state index >= 15 is 0 Å². The number of hydrogen-bond acceptors (Lipinski definition) is 3. The molecule has 0 radical (unpaired) electrons. The maximum absolute atomic E-state index is 11.0. The van der Waals surface area contributed by atoms with Crippen molar-refractivity contribution in [3.05, 3.63) is 29.8 Å². The van der Waals surface area contributed by atoms with Crippen LogP contribution in [0.25, 0.3) is 0 Å². The Kier molecular flexibility index (Phi) is 7.09. The smallest absolute Gasteiger partial charge is 0.243 e. The summed E-state index contributed by atoms with van der Waals surface area (Å²) >= 11 is 0. The number of hydroxylamine groups is 2. The SMILES string of the molecule is CCCCOc1ccc(CC[C@H](C)N(O)C(C)=O)cc1. The Morgan fingerprint density at radius 2 is 2.00 bits per heavy atom. The van der Waals surface area contributed by atoms with Crippen LogP contribution in [0.3, 0.4) is 0 Å². The second-order valence-electron chi connectivity index (χ2n) is 5.10. The summed E-state index contributed by atoms with van der Waals surface area (Å²) in [5, 5.41) is 10.3. The van der Waals surface area contributed by atoms with Crippen molar-refractivity contribution in [1.82, 2.24) is 5.06 Å². The second kappa shape index (κ2) is 8.59. The Balaban J connectivity index is 2.39. The molecule has 0 aliphatic carbocycles. The van der Waals surface area contributed by atoms with Gasteiger partial charge in [0.1, 0.15) is 5.75 Å². The van der Waals surface area contributed by atoms with Gasteiger partial charge in [-0.25, -0.2) is 5.06 Å². The quantitative estimate of drug-likeness (QED) is 0.450. The third-order valence-corrected chi connectivity index (χ3v) is 3.28. The van der Waals surface area contributed by atoms with Crippen molar-refractivity contribution >= 4 is 5.91 Å². The Hall–Kier alpha value is -1.55. The van der Waals surface area contributed by atoms with E-state index < -0.39 is 0 Å². The van der Waals surface area contributed by atoms with Crippen molar-refractivity contribution in [2.75, 3.05) is 6.61 Å². The molecule has 4 heteroatoms. The maximum Gasteiger partial charge on any atom is 0.243 e. The first-order chi connectivity index (χ1) is 9.54. The van der Waals surface area contributed by atoms with E-state index in [0.717, 1.165) is 43.1 Å². The van der Waals surface area contributed by atoms with Crippen LogP contribution in [-0.4, -0.2) is 28.8 Å². The van der Waals surface area contributed by atoms with Gasteiger partial charge in [0.2, 0.25) is 5.91 Å². The molecule has 1 amide bonds. The Bertz CT molecular complexity index is 403. The van der Waals surface area contributed by atoms with Gasteiger partial charge in [0.15, 0.2) is 0 Å². The van der Waals surface area contributed by atoms with Gasteiger partial charge in [-0.15, -0.1) is 0 Å². The predicted molar refractivity (Wildman–Crippen MR) is 78.9 cm³/mol. The molecular formula is C16H25NO3. The maximum atomic E-state index is 11.0. The van der Waals surface area contributed by atoms with Gasteiger partial charge in [-0.2, -0.15) is 0 Å². The van der Waals surface area contributed by atoms with E-state index in [1.54, 1.807) is 0 Å². The minimum absolute atomic E-state index is 0.173. The minimum atomic E-state index is -0.322. The molecule has 0 saturated carbocycles. The number of benzene rings is 1. The lowest BCUT2D eigenvalue weighted by molar-refractivity contribution is -0.172. The lowest BCUT2D eigenvalue weighted by Crippen LogP contribution is -2.34. The highest BCUT2D eigenvalue weighted by Gasteiger charge is 2.13. The summed E-state index contributed by atoms with van der Waals surface area (Å²) in [6.07, 6.45) is 3.74. The summed E-state index contributed by atoms with van der Waals surface area (Å²) in [4.78, 5) is 11.0. The third kappa shape index (κ3) is 5.61. The molecule has 112 valence electrons. The molecule has 4 nitrogen and oxygen atoms in total. The minimum Gasteiger partial charge on any atom is -0.494 e. The number of carbonyl (C=O) groups is 1. The van der Waals surface area contributed by atoms with Crippen LogP contribution in [0.4, 0.5) is 0 Å². The summed E-state index contributed by atoms with van der Waals surface area (Å²) in [5.41, 5.74) is 1.18. The molecule has 1 N–H and O–H groups in total. The summed E-state index contributed by atoms with van der Waals surface area (Å²) < 4.78 is 5.60. The molecule has 0 aromatic heterocycles. The van der Waals surface area contributed by atoms with Crippen molar-refractivity contribution < 1.29 is 14.7 Å². The average Bonchev–Trinajstić information content (AvgIpc) is 2.45. The Labute approximate surface area is 121 Å². The molecular weight excluding hydrogens is 254 g/mol. The zero-order valence-electron chi connectivity index (χ0n) is 12.6. The lowest BCUT2D eigenvalue weighted by Gasteiger charge is -2.20. The van der Waals surface area contributed by atoms with Gasteiger partial charge in [-0.1, -0.05) is 25.5 Å². The Morgan fingerprint density at radius 3 is 2.55 bits per heavy atom. The standard InChI is InChI=1S/C16H25NO3/c1-4-5-12-20-16-10-8-15(9-11-16)7-6-13(2)17(19)14(3)18/h8-11,13,19H,4-7,12H2,1-3H3/t13-/m0/s1. The van der Waals surface area contributed by atoms with Crippen LogP contribution in [0.5, 0.6) is 5.75 Å². The number of amides is 1. The van der Waals surface area contributed by atoms with Crippen molar-refractivity contribution in [2.24, 2.45) is 0 Å². The highest BCUT2D eigenvalue weighted by molar-refractivity contribution is 5.72. The molecule has 0 bridgehead atoms. The van der Waals surface area contributed by atoms with E-state index in [-0.39, 0.29) is 11.9 Å². The zero-order valence-corrected chi connectivity index (χ0v) is 12.6.